The van der Waals surface area contributed by atoms with Gasteiger partial charge in [0.05, 0.1) is 6.04 Å². The summed E-state index contributed by atoms with van der Waals surface area (Å²) in [5.74, 6) is 0.905. The highest BCUT2D eigenvalue weighted by atomic mass is 16.5. The maximum Gasteiger partial charge on any atom is 0.237 e. The van der Waals surface area contributed by atoms with Crippen LogP contribution in [-0.4, -0.2) is 33.6 Å². The van der Waals surface area contributed by atoms with Gasteiger partial charge in [0, 0.05) is 30.1 Å². The summed E-state index contributed by atoms with van der Waals surface area (Å²) in [7, 11) is 0. The fourth-order valence-corrected chi connectivity index (χ4v) is 2.50. The molecule has 2 heterocycles. The molecule has 0 saturated carbocycles. The Bertz CT molecular complexity index is 808. The summed E-state index contributed by atoms with van der Waals surface area (Å²) in [5.41, 5.74) is 8.09. The zero-order chi connectivity index (χ0) is 16.2. The van der Waals surface area contributed by atoms with Crippen molar-refractivity contribution >= 4 is 16.8 Å². The van der Waals surface area contributed by atoms with E-state index < -0.39 is 6.04 Å². The third-order valence-electron chi connectivity index (χ3n) is 3.66. The lowest BCUT2D eigenvalue weighted by Crippen LogP contribution is -2.42. The fraction of sp³-hybridized carbons (Fsp3) is 0.312. The van der Waals surface area contributed by atoms with Gasteiger partial charge in [-0.25, -0.2) is 0 Å². The van der Waals surface area contributed by atoms with Gasteiger partial charge in [0.1, 0.15) is 0 Å². The number of fused-ring (bicyclic) bond motifs is 1. The summed E-state index contributed by atoms with van der Waals surface area (Å²) in [4.78, 5) is 19.4. The first-order valence-electron chi connectivity index (χ1n) is 7.51. The molecule has 1 amide bonds. The van der Waals surface area contributed by atoms with Gasteiger partial charge in [0.25, 0.3) is 0 Å². The van der Waals surface area contributed by atoms with Crippen molar-refractivity contribution < 1.29 is 9.32 Å². The number of nitrogens with two attached hydrogens (primary N) is 1. The monoisotopic (exact) mass is 313 g/mol. The number of para-hydroxylation sites is 1. The zero-order valence-corrected chi connectivity index (χ0v) is 12.9. The van der Waals surface area contributed by atoms with Crippen LogP contribution in [0.25, 0.3) is 10.9 Å². The molecule has 0 bridgehead atoms. The third kappa shape index (κ3) is 3.57. The van der Waals surface area contributed by atoms with E-state index in [1.54, 1.807) is 6.92 Å². The molecule has 7 heteroatoms. The number of carbonyl (C=O) groups is 1. The maximum absolute atomic E-state index is 12.1. The second-order valence-corrected chi connectivity index (χ2v) is 5.45. The summed E-state index contributed by atoms with van der Waals surface area (Å²) in [6.07, 6.45) is 2.88. The first kappa shape index (κ1) is 15.2. The van der Waals surface area contributed by atoms with E-state index in [0.29, 0.717) is 31.1 Å². The predicted molar refractivity (Wildman–Crippen MR) is 85.7 cm³/mol. The number of nitrogens with zero attached hydrogens (tertiary/aromatic N) is 2. The SMILES string of the molecule is Cc1noc(CCNC(=O)[C@@H](N)Cc2c[nH]c3ccccc23)n1. The molecule has 1 atom stereocenters. The molecule has 23 heavy (non-hydrogen) atoms. The van der Waals surface area contributed by atoms with E-state index >= 15 is 0 Å². The number of H-pyrrole nitrogens is 1. The molecular weight excluding hydrogens is 294 g/mol. The van der Waals surface area contributed by atoms with E-state index in [-0.39, 0.29) is 5.91 Å². The Balaban J connectivity index is 1.53. The molecule has 0 aliphatic heterocycles. The van der Waals surface area contributed by atoms with Gasteiger partial charge < -0.3 is 20.6 Å². The van der Waals surface area contributed by atoms with Crippen molar-refractivity contribution in [1.82, 2.24) is 20.4 Å². The van der Waals surface area contributed by atoms with Crippen LogP contribution in [0.15, 0.2) is 35.0 Å². The van der Waals surface area contributed by atoms with Gasteiger partial charge in [-0.2, -0.15) is 4.98 Å². The minimum Gasteiger partial charge on any atom is -0.361 e. The largest absolute Gasteiger partial charge is 0.361 e. The van der Waals surface area contributed by atoms with Crippen molar-refractivity contribution in [3.05, 3.63) is 47.7 Å². The highest BCUT2D eigenvalue weighted by Gasteiger charge is 2.16. The van der Waals surface area contributed by atoms with Crippen molar-refractivity contribution in [3.63, 3.8) is 0 Å². The molecular formula is C16H19N5O2. The van der Waals surface area contributed by atoms with Gasteiger partial charge in [-0.05, 0) is 25.0 Å². The van der Waals surface area contributed by atoms with Crippen LogP contribution in [0.1, 0.15) is 17.3 Å². The number of benzene rings is 1. The van der Waals surface area contributed by atoms with Gasteiger partial charge in [0.15, 0.2) is 5.82 Å². The standard InChI is InChI=1S/C16H19N5O2/c1-10-20-15(23-21-10)6-7-18-16(22)13(17)8-11-9-19-14-5-3-2-4-12(11)14/h2-5,9,13,19H,6-8,17H2,1H3,(H,18,22)/t13-/m0/s1. The van der Waals surface area contributed by atoms with E-state index in [1.165, 1.54) is 0 Å². The van der Waals surface area contributed by atoms with Crippen LogP contribution in [0.2, 0.25) is 0 Å². The number of nitrogens with one attached hydrogen (secondary N) is 2. The highest BCUT2D eigenvalue weighted by Crippen LogP contribution is 2.18. The molecule has 1 aromatic carbocycles. The van der Waals surface area contributed by atoms with Crippen molar-refractivity contribution in [2.75, 3.05) is 6.54 Å². The molecule has 0 aliphatic carbocycles. The summed E-state index contributed by atoms with van der Waals surface area (Å²) >= 11 is 0. The molecule has 2 aromatic heterocycles. The van der Waals surface area contributed by atoms with Crippen LogP contribution < -0.4 is 11.1 Å². The second kappa shape index (κ2) is 6.62. The Kier molecular flexibility index (Phi) is 4.38. The van der Waals surface area contributed by atoms with Gasteiger partial charge in [-0.15, -0.1) is 0 Å². The molecule has 7 nitrogen and oxygen atoms in total. The van der Waals surface area contributed by atoms with Crippen molar-refractivity contribution in [2.45, 2.75) is 25.8 Å². The number of aromatic nitrogens is 3. The number of amides is 1. The molecule has 4 N–H and O–H groups in total. The molecule has 0 fully saturated rings. The van der Waals surface area contributed by atoms with Gasteiger partial charge in [0.2, 0.25) is 11.8 Å². The number of hydrogen-bond donors (Lipinski definition) is 3. The third-order valence-corrected chi connectivity index (χ3v) is 3.66. The van der Waals surface area contributed by atoms with Crippen LogP contribution in [0.3, 0.4) is 0 Å². The van der Waals surface area contributed by atoms with Crippen molar-refractivity contribution in [2.24, 2.45) is 5.73 Å². The lowest BCUT2D eigenvalue weighted by molar-refractivity contribution is -0.122. The van der Waals surface area contributed by atoms with Crippen LogP contribution in [0, 0.1) is 6.92 Å². The van der Waals surface area contributed by atoms with Crippen molar-refractivity contribution in [1.29, 1.82) is 0 Å². The molecule has 3 rings (SSSR count). The fourth-order valence-electron chi connectivity index (χ4n) is 2.50. The Labute approximate surface area is 133 Å². The molecule has 0 radical (unpaired) electrons. The quantitative estimate of drug-likeness (QED) is 0.631. The van der Waals surface area contributed by atoms with E-state index in [2.05, 4.69) is 20.4 Å². The Morgan fingerprint density at radius 3 is 3.04 bits per heavy atom. The summed E-state index contributed by atoms with van der Waals surface area (Å²) in [6.45, 7) is 2.17. The smallest absolute Gasteiger partial charge is 0.237 e. The zero-order valence-electron chi connectivity index (χ0n) is 12.9. The Morgan fingerprint density at radius 2 is 2.26 bits per heavy atom. The number of aryl methyl sites for hydroxylation is 1. The average Bonchev–Trinajstić information content (AvgIpc) is 3.14. The normalized spacial score (nSPS) is 12.4. The lowest BCUT2D eigenvalue weighted by atomic mass is 10.1. The first-order valence-corrected chi connectivity index (χ1v) is 7.51. The molecule has 0 unspecified atom stereocenters. The lowest BCUT2D eigenvalue weighted by Gasteiger charge is -2.11. The predicted octanol–water partition coefficient (Wildman–Crippen LogP) is 1.09. The number of carbonyl (C=O) groups excluding carboxylic acids is 1. The second-order valence-electron chi connectivity index (χ2n) is 5.45. The number of hydrogen-bond acceptors (Lipinski definition) is 5. The van der Waals surface area contributed by atoms with Crippen molar-refractivity contribution in [3.8, 4) is 0 Å². The van der Waals surface area contributed by atoms with Crippen LogP contribution in [-0.2, 0) is 17.6 Å². The van der Waals surface area contributed by atoms with Crippen LogP contribution in [0.5, 0.6) is 0 Å². The van der Waals surface area contributed by atoms with E-state index in [0.717, 1.165) is 16.5 Å². The molecule has 0 aliphatic rings. The molecule has 0 spiro atoms. The van der Waals surface area contributed by atoms with E-state index in [9.17, 15) is 4.79 Å². The minimum absolute atomic E-state index is 0.188. The summed E-state index contributed by atoms with van der Waals surface area (Å²) in [5, 5.41) is 7.59. The van der Waals surface area contributed by atoms with Gasteiger partial charge in [-0.3, -0.25) is 4.79 Å². The summed E-state index contributed by atoms with van der Waals surface area (Å²) in [6, 6.07) is 7.35. The average molecular weight is 313 g/mol. The summed E-state index contributed by atoms with van der Waals surface area (Å²) < 4.78 is 4.99. The van der Waals surface area contributed by atoms with E-state index in [4.69, 9.17) is 10.3 Å². The Hall–Kier alpha value is -2.67. The highest BCUT2D eigenvalue weighted by molar-refractivity contribution is 5.86. The van der Waals surface area contributed by atoms with Gasteiger partial charge >= 0.3 is 0 Å². The topological polar surface area (TPSA) is 110 Å². The number of aromatic amines is 1. The van der Waals surface area contributed by atoms with E-state index in [1.807, 2.05) is 30.5 Å². The molecule has 0 saturated heterocycles. The van der Waals surface area contributed by atoms with Crippen LogP contribution >= 0.6 is 0 Å². The van der Waals surface area contributed by atoms with Crippen LogP contribution in [0.4, 0.5) is 0 Å². The number of rotatable bonds is 6. The Morgan fingerprint density at radius 1 is 1.43 bits per heavy atom. The maximum atomic E-state index is 12.1. The minimum atomic E-state index is -0.598. The molecule has 120 valence electrons. The van der Waals surface area contributed by atoms with Gasteiger partial charge in [-0.1, -0.05) is 23.4 Å². The molecule has 3 aromatic rings. The first-order chi connectivity index (χ1) is 11.1.